The second kappa shape index (κ2) is 4.66. The number of nitrogens with one attached hydrogen (secondary N) is 1. The van der Waals surface area contributed by atoms with Crippen molar-refractivity contribution in [3.05, 3.63) is 46.6 Å². The number of rotatable bonds is 2. The van der Waals surface area contributed by atoms with Gasteiger partial charge in [-0.2, -0.15) is 0 Å². The van der Waals surface area contributed by atoms with Gasteiger partial charge in [-0.15, -0.1) is 0 Å². The minimum absolute atomic E-state index is 0.800. The summed E-state index contributed by atoms with van der Waals surface area (Å²) in [5.74, 6) is 0.800. The second-order valence-corrected chi connectivity index (χ2v) is 5.92. The number of fused-ring (bicyclic) bond motifs is 1. The van der Waals surface area contributed by atoms with Crippen LogP contribution in [0.1, 0.15) is 5.56 Å². The number of halogens is 1. The zero-order chi connectivity index (χ0) is 12.5. The van der Waals surface area contributed by atoms with Crippen molar-refractivity contribution in [3.8, 4) is 0 Å². The molecule has 0 aliphatic heterocycles. The molecule has 0 atom stereocenters. The second-order valence-electron chi connectivity index (χ2n) is 3.98. The van der Waals surface area contributed by atoms with E-state index in [1.807, 2.05) is 18.2 Å². The molecule has 3 nitrogen and oxygen atoms in total. The molecule has 3 aromatic rings. The van der Waals surface area contributed by atoms with Crippen molar-refractivity contribution in [3.63, 3.8) is 0 Å². The van der Waals surface area contributed by atoms with E-state index >= 15 is 0 Å². The number of aromatic nitrogens is 2. The van der Waals surface area contributed by atoms with E-state index in [-0.39, 0.29) is 0 Å². The van der Waals surface area contributed by atoms with E-state index in [9.17, 15) is 0 Å². The van der Waals surface area contributed by atoms with Crippen molar-refractivity contribution < 1.29 is 0 Å². The van der Waals surface area contributed by atoms with Crippen molar-refractivity contribution in [2.24, 2.45) is 0 Å². The molecule has 0 fully saturated rings. The topological polar surface area (TPSA) is 37.8 Å². The molecule has 0 aliphatic carbocycles. The summed E-state index contributed by atoms with van der Waals surface area (Å²) in [6.45, 7) is 2.09. The van der Waals surface area contributed by atoms with Crippen molar-refractivity contribution in [2.75, 3.05) is 5.32 Å². The van der Waals surface area contributed by atoms with Gasteiger partial charge in [0, 0.05) is 10.7 Å². The average Bonchev–Trinajstić information content (AvgIpc) is 2.73. The van der Waals surface area contributed by atoms with Crippen molar-refractivity contribution in [2.45, 2.75) is 6.92 Å². The highest BCUT2D eigenvalue weighted by Crippen LogP contribution is 2.28. The highest BCUT2D eigenvalue weighted by atomic mass is 79.9. The Morgan fingerprint density at radius 3 is 2.89 bits per heavy atom. The summed E-state index contributed by atoms with van der Waals surface area (Å²) in [5.41, 5.74) is 2.27. The molecular formula is C13H10BrN3S. The fourth-order valence-corrected chi connectivity index (χ4v) is 2.85. The molecule has 0 bridgehead atoms. The van der Waals surface area contributed by atoms with E-state index in [0.29, 0.717) is 0 Å². The molecule has 1 aromatic carbocycles. The number of anilines is 2. The number of hydrogen-bond donors (Lipinski definition) is 1. The first-order valence-corrected chi connectivity index (χ1v) is 7.07. The quantitative estimate of drug-likeness (QED) is 0.755. The lowest BCUT2D eigenvalue weighted by molar-refractivity contribution is 1.28. The Labute approximate surface area is 117 Å². The Bertz CT molecular complexity index is 691. The molecular weight excluding hydrogens is 310 g/mol. The van der Waals surface area contributed by atoms with Gasteiger partial charge in [-0.25, -0.2) is 9.97 Å². The van der Waals surface area contributed by atoms with E-state index in [2.05, 4.69) is 50.3 Å². The van der Waals surface area contributed by atoms with Crippen LogP contribution in [0.15, 0.2) is 41.0 Å². The molecule has 0 amide bonds. The van der Waals surface area contributed by atoms with Crippen LogP contribution in [0.4, 0.5) is 10.9 Å². The van der Waals surface area contributed by atoms with Crippen LogP contribution < -0.4 is 5.32 Å². The maximum atomic E-state index is 4.53. The maximum Gasteiger partial charge on any atom is 0.189 e. The molecule has 2 heterocycles. The van der Waals surface area contributed by atoms with E-state index in [0.717, 1.165) is 20.9 Å². The SMILES string of the molecule is Cc1ccc2nc(Nc3ccc(Br)cn3)sc2c1. The standard InChI is InChI=1S/C13H10BrN3S/c1-8-2-4-10-11(6-8)18-13(16-10)17-12-5-3-9(14)7-15-12/h2-7H,1H3,(H,15,16,17). The van der Waals surface area contributed by atoms with E-state index in [4.69, 9.17) is 0 Å². The van der Waals surface area contributed by atoms with Crippen LogP contribution in [0, 0.1) is 6.92 Å². The Balaban J connectivity index is 1.92. The fraction of sp³-hybridized carbons (Fsp3) is 0.0769. The molecule has 3 rings (SSSR count). The Kier molecular flexibility index (Phi) is 3.01. The lowest BCUT2D eigenvalue weighted by Crippen LogP contribution is -1.91. The molecule has 5 heteroatoms. The van der Waals surface area contributed by atoms with Gasteiger partial charge in [0.25, 0.3) is 0 Å². The summed E-state index contributed by atoms with van der Waals surface area (Å²) in [6, 6.07) is 10.1. The third-order valence-corrected chi connectivity index (χ3v) is 3.91. The first-order chi connectivity index (χ1) is 8.70. The summed E-state index contributed by atoms with van der Waals surface area (Å²) < 4.78 is 2.16. The van der Waals surface area contributed by atoms with Crippen LogP contribution in [-0.2, 0) is 0 Å². The van der Waals surface area contributed by atoms with Crippen LogP contribution in [0.3, 0.4) is 0 Å². The molecule has 18 heavy (non-hydrogen) atoms. The van der Waals surface area contributed by atoms with Gasteiger partial charge in [-0.05, 0) is 52.7 Å². The molecule has 0 unspecified atom stereocenters. The number of pyridine rings is 1. The average molecular weight is 320 g/mol. The fourth-order valence-electron chi connectivity index (χ4n) is 1.64. The van der Waals surface area contributed by atoms with Crippen LogP contribution >= 0.6 is 27.3 Å². The molecule has 0 radical (unpaired) electrons. The van der Waals surface area contributed by atoms with Crippen molar-refractivity contribution >= 4 is 48.4 Å². The predicted molar refractivity (Wildman–Crippen MR) is 79.6 cm³/mol. The van der Waals surface area contributed by atoms with Crippen molar-refractivity contribution in [1.82, 2.24) is 9.97 Å². The molecule has 0 aliphatic rings. The summed E-state index contributed by atoms with van der Waals surface area (Å²) >= 11 is 5.00. The van der Waals surface area contributed by atoms with E-state index in [1.165, 1.54) is 10.3 Å². The Morgan fingerprint density at radius 1 is 1.22 bits per heavy atom. The molecule has 0 saturated carbocycles. The van der Waals surface area contributed by atoms with Gasteiger partial charge < -0.3 is 5.32 Å². The number of hydrogen-bond acceptors (Lipinski definition) is 4. The van der Waals surface area contributed by atoms with E-state index in [1.54, 1.807) is 17.5 Å². The number of benzene rings is 1. The molecule has 1 N–H and O–H groups in total. The highest BCUT2D eigenvalue weighted by molar-refractivity contribution is 9.10. The number of aryl methyl sites for hydroxylation is 1. The lowest BCUT2D eigenvalue weighted by Gasteiger charge is -2.00. The van der Waals surface area contributed by atoms with Gasteiger partial charge in [-0.1, -0.05) is 17.4 Å². The largest absolute Gasteiger partial charge is 0.316 e. The summed E-state index contributed by atoms with van der Waals surface area (Å²) in [7, 11) is 0. The maximum absolute atomic E-state index is 4.53. The molecule has 0 saturated heterocycles. The summed E-state index contributed by atoms with van der Waals surface area (Å²) in [4.78, 5) is 8.80. The third-order valence-electron chi connectivity index (χ3n) is 2.51. The zero-order valence-corrected chi connectivity index (χ0v) is 12.0. The number of thiazole rings is 1. The number of nitrogens with zero attached hydrogens (tertiary/aromatic N) is 2. The van der Waals surface area contributed by atoms with Gasteiger partial charge in [0.2, 0.25) is 0 Å². The summed E-state index contributed by atoms with van der Waals surface area (Å²) in [6.07, 6.45) is 1.76. The predicted octanol–water partition coefficient (Wildman–Crippen LogP) is 4.51. The van der Waals surface area contributed by atoms with Crippen LogP contribution in [-0.4, -0.2) is 9.97 Å². The summed E-state index contributed by atoms with van der Waals surface area (Å²) in [5, 5.41) is 4.08. The highest BCUT2D eigenvalue weighted by Gasteiger charge is 2.04. The zero-order valence-electron chi connectivity index (χ0n) is 9.64. The van der Waals surface area contributed by atoms with E-state index < -0.39 is 0 Å². The minimum Gasteiger partial charge on any atom is -0.316 e. The van der Waals surface area contributed by atoms with Gasteiger partial charge in [0.15, 0.2) is 5.13 Å². The lowest BCUT2D eigenvalue weighted by atomic mass is 10.2. The molecule has 0 spiro atoms. The van der Waals surface area contributed by atoms with Crippen LogP contribution in [0.25, 0.3) is 10.2 Å². The van der Waals surface area contributed by atoms with Crippen molar-refractivity contribution in [1.29, 1.82) is 0 Å². The minimum atomic E-state index is 0.800. The molecule has 2 aromatic heterocycles. The first-order valence-electron chi connectivity index (χ1n) is 5.46. The first kappa shape index (κ1) is 11.6. The van der Waals surface area contributed by atoms with Crippen LogP contribution in [0.5, 0.6) is 0 Å². The smallest absolute Gasteiger partial charge is 0.189 e. The monoisotopic (exact) mass is 319 g/mol. The van der Waals surface area contributed by atoms with Crippen LogP contribution in [0.2, 0.25) is 0 Å². The van der Waals surface area contributed by atoms with Gasteiger partial charge in [-0.3, -0.25) is 0 Å². The normalized spacial score (nSPS) is 10.8. The Hall–Kier alpha value is -1.46. The molecule has 90 valence electrons. The van der Waals surface area contributed by atoms with Gasteiger partial charge in [0.05, 0.1) is 10.2 Å². The van der Waals surface area contributed by atoms with Gasteiger partial charge >= 0.3 is 0 Å². The van der Waals surface area contributed by atoms with Gasteiger partial charge in [0.1, 0.15) is 5.82 Å². The third kappa shape index (κ3) is 2.37. The Morgan fingerprint density at radius 2 is 2.11 bits per heavy atom.